The van der Waals surface area contributed by atoms with Crippen LogP contribution in [0.2, 0.25) is 0 Å². The summed E-state index contributed by atoms with van der Waals surface area (Å²) in [7, 11) is 1.42. The van der Waals surface area contributed by atoms with E-state index in [1.807, 2.05) is 13.0 Å². The number of methoxy groups -OCH3 is 1. The molecule has 1 aliphatic rings. The normalized spacial score (nSPS) is 17.0. The quantitative estimate of drug-likeness (QED) is 0.367. The smallest absolute Gasteiger partial charge is 0.231 e. The number of hydrogen-bond acceptors (Lipinski definition) is 8. The average Bonchev–Trinajstić information content (AvgIpc) is 3.37. The molecule has 0 saturated heterocycles. The zero-order valence-corrected chi connectivity index (χ0v) is 20.6. The molecule has 1 atom stereocenters. The van der Waals surface area contributed by atoms with Crippen LogP contribution in [0, 0.1) is 28.4 Å². The summed E-state index contributed by atoms with van der Waals surface area (Å²) in [6, 6.07) is 7.48. The van der Waals surface area contributed by atoms with Crippen molar-refractivity contribution in [3.63, 3.8) is 0 Å². The van der Waals surface area contributed by atoms with Crippen molar-refractivity contribution < 1.29 is 28.1 Å². The van der Waals surface area contributed by atoms with Gasteiger partial charge in [0, 0.05) is 41.6 Å². The van der Waals surface area contributed by atoms with Crippen molar-refractivity contribution in [1.29, 1.82) is 5.26 Å². The highest BCUT2D eigenvalue weighted by atomic mass is 19.1. The number of aliphatic imine (C=N–C) groups is 1. The number of hydrogen-bond donors (Lipinski definition) is 2. The minimum atomic E-state index is -0.892. The number of ether oxygens (including phenoxy) is 3. The van der Waals surface area contributed by atoms with Gasteiger partial charge in [0.2, 0.25) is 5.88 Å². The Morgan fingerprint density at radius 1 is 1.24 bits per heavy atom. The third kappa shape index (κ3) is 4.73. The van der Waals surface area contributed by atoms with Crippen LogP contribution < -0.4 is 9.47 Å². The number of pyridine rings is 2. The fourth-order valence-electron chi connectivity index (χ4n) is 4.11. The van der Waals surface area contributed by atoms with E-state index in [0.717, 1.165) is 0 Å². The van der Waals surface area contributed by atoms with E-state index in [1.54, 1.807) is 12.3 Å². The summed E-state index contributed by atoms with van der Waals surface area (Å²) in [5, 5.41) is 19.3. The zero-order valence-electron chi connectivity index (χ0n) is 20.6. The van der Waals surface area contributed by atoms with E-state index in [2.05, 4.69) is 19.9 Å². The van der Waals surface area contributed by atoms with Crippen LogP contribution in [-0.4, -0.2) is 52.8 Å². The Morgan fingerprint density at radius 2 is 2.03 bits per heavy atom. The number of nitriles is 1. The van der Waals surface area contributed by atoms with Gasteiger partial charge in [-0.05, 0) is 29.8 Å². The average molecular weight is 520 g/mol. The topological polar surface area (TPSA) is 126 Å². The molecule has 0 spiro atoms. The second-order valence-corrected chi connectivity index (χ2v) is 9.26. The number of halogens is 2. The Hall–Kier alpha value is -4.56. The first-order chi connectivity index (χ1) is 18.3. The van der Waals surface area contributed by atoms with E-state index in [0.29, 0.717) is 40.2 Å². The lowest BCUT2D eigenvalue weighted by Crippen LogP contribution is -2.36. The zero-order chi connectivity index (χ0) is 26.9. The van der Waals surface area contributed by atoms with E-state index in [9.17, 15) is 10.4 Å². The van der Waals surface area contributed by atoms with E-state index in [1.165, 1.54) is 37.7 Å². The molecule has 0 saturated carbocycles. The Morgan fingerprint density at radius 3 is 2.68 bits per heavy atom. The summed E-state index contributed by atoms with van der Waals surface area (Å²) in [6.45, 7) is 2.41. The molecule has 4 heterocycles. The number of nitrogens with one attached hydrogen (secondary N) is 1. The molecule has 5 rings (SSSR count). The summed E-state index contributed by atoms with van der Waals surface area (Å²) in [5.41, 5.74) is 1.65. The molecule has 11 heteroatoms. The Bertz CT molecular complexity index is 1570. The minimum absolute atomic E-state index is 0.0708. The number of nitrogens with zero attached hydrogens (tertiary/aromatic N) is 4. The molecule has 0 bridgehead atoms. The highest BCUT2D eigenvalue weighted by Crippen LogP contribution is 2.39. The molecule has 0 amide bonds. The van der Waals surface area contributed by atoms with Crippen molar-refractivity contribution in [2.75, 3.05) is 26.9 Å². The highest BCUT2D eigenvalue weighted by Gasteiger charge is 2.29. The van der Waals surface area contributed by atoms with Crippen molar-refractivity contribution in [3.05, 3.63) is 65.6 Å². The maximum atomic E-state index is 15.1. The van der Waals surface area contributed by atoms with Gasteiger partial charge in [0.15, 0.2) is 23.3 Å². The fourth-order valence-corrected chi connectivity index (χ4v) is 4.11. The van der Waals surface area contributed by atoms with E-state index in [4.69, 9.17) is 14.2 Å². The van der Waals surface area contributed by atoms with Crippen molar-refractivity contribution in [3.8, 4) is 34.6 Å². The van der Waals surface area contributed by atoms with Gasteiger partial charge < -0.3 is 24.3 Å². The predicted molar refractivity (Wildman–Crippen MR) is 134 cm³/mol. The molecule has 3 aromatic heterocycles. The molecule has 1 aromatic carbocycles. The molecule has 9 nitrogen and oxygen atoms in total. The number of H-pyrrole nitrogens is 1. The first kappa shape index (κ1) is 25.1. The maximum absolute atomic E-state index is 15.1. The lowest BCUT2D eigenvalue weighted by molar-refractivity contribution is 0.0691. The molecule has 194 valence electrons. The summed E-state index contributed by atoms with van der Waals surface area (Å²) in [4.78, 5) is 15.8. The lowest BCUT2D eigenvalue weighted by Gasteiger charge is -2.30. The van der Waals surface area contributed by atoms with Crippen molar-refractivity contribution >= 4 is 16.9 Å². The third-order valence-corrected chi connectivity index (χ3v) is 6.24. The predicted octanol–water partition coefficient (Wildman–Crippen LogP) is 4.55. The number of aliphatic hydroxyl groups excluding tert-OH is 1. The minimum Gasteiger partial charge on any atom is -0.480 e. The SMILES string of the molecule is COc1ncc(-c2c[nH]c3nccc(Oc4c(F)cc(CC5=NCC(C)(CO)CO5)cc4F)c23)cc1C#N. The van der Waals surface area contributed by atoms with Crippen molar-refractivity contribution in [2.45, 2.75) is 13.3 Å². The van der Waals surface area contributed by atoms with Crippen molar-refractivity contribution in [1.82, 2.24) is 15.0 Å². The Balaban J connectivity index is 1.46. The standard InChI is InChI=1S/C27H23F2N5O4/c1-27(13-35)12-34-22(37-14-27)7-15-5-19(28)24(20(29)6-15)38-21-3-4-31-25-23(21)18(11-32-25)17-8-16(9-30)26(36-2)33-10-17/h3-6,8,10-11,35H,7,12-14H2,1-2H3,(H,31,32). The van der Waals surface area contributed by atoms with Crippen LogP contribution >= 0.6 is 0 Å². The second kappa shape index (κ2) is 10.1. The summed E-state index contributed by atoms with van der Waals surface area (Å²) in [5.74, 6) is -1.66. The van der Waals surface area contributed by atoms with Crippen LogP contribution in [0.15, 0.2) is 47.8 Å². The molecule has 1 aliphatic heterocycles. The molecule has 38 heavy (non-hydrogen) atoms. The number of aromatic nitrogens is 3. The molecule has 0 fully saturated rings. The lowest BCUT2D eigenvalue weighted by atomic mass is 9.92. The van der Waals surface area contributed by atoms with Crippen LogP contribution in [0.3, 0.4) is 0 Å². The van der Waals surface area contributed by atoms with Gasteiger partial charge in [0.05, 0.1) is 32.3 Å². The largest absolute Gasteiger partial charge is 0.480 e. The molecule has 2 N–H and O–H groups in total. The second-order valence-electron chi connectivity index (χ2n) is 9.26. The van der Waals surface area contributed by atoms with Gasteiger partial charge in [0.1, 0.15) is 23.0 Å². The number of fused-ring (bicyclic) bond motifs is 1. The van der Waals surface area contributed by atoms with Gasteiger partial charge in [-0.2, -0.15) is 5.26 Å². The van der Waals surface area contributed by atoms with Crippen LogP contribution in [-0.2, 0) is 11.2 Å². The van der Waals surface area contributed by atoms with Gasteiger partial charge in [-0.25, -0.2) is 18.7 Å². The van der Waals surface area contributed by atoms with E-state index in [-0.39, 0.29) is 36.8 Å². The van der Waals surface area contributed by atoms with Gasteiger partial charge in [0.25, 0.3) is 0 Å². The van der Waals surface area contributed by atoms with Gasteiger partial charge in [-0.1, -0.05) is 6.92 Å². The number of benzene rings is 1. The van der Waals surface area contributed by atoms with Gasteiger partial charge in [-0.15, -0.1) is 0 Å². The summed E-state index contributed by atoms with van der Waals surface area (Å²) in [6.07, 6.45) is 4.72. The highest BCUT2D eigenvalue weighted by molar-refractivity contribution is 5.98. The summed E-state index contributed by atoms with van der Waals surface area (Å²) < 4.78 is 46.6. The molecule has 4 aromatic rings. The first-order valence-corrected chi connectivity index (χ1v) is 11.7. The van der Waals surface area contributed by atoms with Gasteiger partial charge >= 0.3 is 0 Å². The molecule has 1 unspecified atom stereocenters. The maximum Gasteiger partial charge on any atom is 0.231 e. The van der Waals surface area contributed by atoms with Gasteiger partial charge in [-0.3, -0.25) is 4.99 Å². The van der Waals surface area contributed by atoms with Crippen LogP contribution in [0.4, 0.5) is 8.78 Å². The van der Waals surface area contributed by atoms with Crippen LogP contribution in [0.5, 0.6) is 17.4 Å². The summed E-state index contributed by atoms with van der Waals surface area (Å²) >= 11 is 0. The molecular weight excluding hydrogens is 496 g/mol. The number of aliphatic hydroxyl groups is 1. The fraction of sp³-hybridized carbons (Fsp3) is 0.259. The van der Waals surface area contributed by atoms with E-state index >= 15 is 8.78 Å². The monoisotopic (exact) mass is 519 g/mol. The Labute approximate surface area is 216 Å². The first-order valence-electron chi connectivity index (χ1n) is 11.7. The molecular formula is C27H23F2N5O4. The molecule has 0 radical (unpaired) electrons. The molecule has 0 aliphatic carbocycles. The van der Waals surface area contributed by atoms with Crippen LogP contribution in [0.25, 0.3) is 22.2 Å². The Kier molecular flexibility index (Phi) is 6.65. The third-order valence-electron chi connectivity index (χ3n) is 6.24. The number of aromatic amines is 1. The van der Waals surface area contributed by atoms with Crippen LogP contribution in [0.1, 0.15) is 18.1 Å². The number of rotatable bonds is 7. The van der Waals surface area contributed by atoms with Crippen molar-refractivity contribution in [2.24, 2.45) is 10.4 Å². The van der Waals surface area contributed by atoms with E-state index < -0.39 is 22.8 Å².